The van der Waals surface area contributed by atoms with Gasteiger partial charge in [0.25, 0.3) is 0 Å². The van der Waals surface area contributed by atoms with E-state index in [2.05, 4.69) is 10.6 Å². The van der Waals surface area contributed by atoms with E-state index in [1.807, 2.05) is 20.8 Å². The summed E-state index contributed by atoms with van der Waals surface area (Å²) in [4.78, 5) is 24.0. The molecule has 1 aliphatic rings. The van der Waals surface area contributed by atoms with Gasteiger partial charge in [0.05, 0.1) is 0 Å². The van der Waals surface area contributed by atoms with Gasteiger partial charge in [-0.3, -0.25) is 9.59 Å². The summed E-state index contributed by atoms with van der Waals surface area (Å²) in [6.07, 6.45) is 0.790. The maximum atomic E-state index is 11.8. The van der Waals surface area contributed by atoms with Crippen LogP contribution in [-0.4, -0.2) is 48.4 Å². The highest BCUT2D eigenvalue weighted by Crippen LogP contribution is 2.02. The fourth-order valence-corrected chi connectivity index (χ4v) is 1.50. The van der Waals surface area contributed by atoms with Crippen molar-refractivity contribution in [1.29, 1.82) is 0 Å². The molecule has 0 spiro atoms. The van der Waals surface area contributed by atoms with E-state index < -0.39 is 0 Å². The van der Waals surface area contributed by atoms with Gasteiger partial charge >= 0.3 is 0 Å². The first kappa shape index (κ1) is 12.0. The molecule has 5 heteroatoms. The van der Waals surface area contributed by atoms with Crippen LogP contribution in [0, 0.1) is 0 Å². The van der Waals surface area contributed by atoms with Crippen molar-refractivity contribution in [3.05, 3.63) is 0 Å². The summed E-state index contributed by atoms with van der Waals surface area (Å²) < 4.78 is 0. The third kappa shape index (κ3) is 3.87. The van der Waals surface area contributed by atoms with Crippen molar-refractivity contribution in [2.45, 2.75) is 32.4 Å². The smallest absolute Gasteiger partial charge is 0.239 e. The van der Waals surface area contributed by atoms with Crippen LogP contribution in [0.4, 0.5) is 0 Å². The van der Waals surface area contributed by atoms with Crippen molar-refractivity contribution in [2.24, 2.45) is 0 Å². The molecular formula is C10H19N3O2. The molecule has 15 heavy (non-hydrogen) atoms. The monoisotopic (exact) mass is 213 g/mol. The molecule has 1 fully saturated rings. The maximum absolute atomic E-state index is 11.8. The fourth-order valence-electron chi connectivity index (χ4n) is 1.50. The van der Waals surface area contributed by atoms with Gasteiger partial charge in [0, 0.05) is 25.2 Å². The molecule has 0 aromatic heterocycles. The molecule has 5 nitrogen and oxygen atoms in total. The van der Waals surface area contributed by atoms with Gasteiger partial charge in [-0.15, -0.1) is 0 Å². The van der Waals surface area contributed by atoms with E-state index in [0.29, 0.717) is 19.6 Å². The Kier molecular flexibility index (Phi) is 3.68. The average molecular weight is 213 g/mol. The molecule has 0 aromatic rings. The molecule has 0 aliphatic carbocycles. The number of rotatable bonds is 2. The van der Waals surface area contributed by atoms with Crippen LogP contribution in [0.15, 0.2) is 0 Å². The predicted octanol–water partition coefficient (Wildman–Crippen LogP) is -0.669. The lowest BCUT2D eigenvalue weighted by atomic mass is 10.1. The van der Waals surface area contributed by atoms with E-state index in [-0.39, 0.29) is 17.5 Å². The highest BCUT2D eigenvalue weighted by atomic mass is 16.2. The van der Waals surface area contributed by atoms with E-state index in [1.54, 1.807) is 4.90 Å². The molecule has 2 N–H and O–H groups in total. The Morgan fingerprint density at radius 3 is 2.73 bits per heavy atom. The fraction of sp³-hybridized carbons (Fsp3) is 0.800. The number of nitrogens with zero attached hydrogens (tertiary/aromatic N) is 1. The van der Waals surface area contributed by atoms with Gasteiger partial charge in [-0.25, -0.2) is 0 Å². The molecule has 1 atom stereocenters. The molecule has 1 rings (SSSR count). The zero-order chi connectivity index (χ0) is 11.5. The molecule has 0 radical (unpaired) electrons. The maximum Gasteiger partial charge on any atom is 0.239 e. The summed E-state index contributed by atoms with van der Waals surface area (Å²) in [5.41, 5.74) is -0.234. The number of hydrogen-bond acceptors (Lipinski definition) is 3. The number of carbonyl (C=O) groups is 2. The first-order valence-corrected chi connectivity index (χ1v) is 5.17. The Bertz CT molecular complexity index is 248. The minimum Gasteiger partial charge on any atom is -0.350 e. The summed E-state index contributed by atoms with van der Waals surface area (Å²) in [6, 6.07) is -0.289. The largest absolute Gasteiger partial charge is 0.350 e. The normalized spacial score (nSPS) is 22.3. The average Bonchev–Trinajstić information content (AvgIpc) is 2.15. The number of carbonyl (C=O) groups excluding carboxylic acids is 2. The van der Waals surface area contributed by atoms with Crippen LogP contribution in [0.25, 0.3) is 0 Å². The Hall–Kier alpha value is -1.10. The molecule has 86 valence electrons. The zero-order valence-electron chi connectivity index (χ0n) is 9.54. The van der Waals surface area contributed by atoms with Crippen LogP contribution in [0.5, 0.6) is 0 Å². The molecule has 2 amide bonds. The van der Waals surface area contributed by atoms with Crippen molar-refractivity contribution in [1.82, 2.24) is 15.5 Å². The van der Waals surface area contributed by atoms with Crippen molar-refractivity contribution >= 4 is 12.3 Å². The van der Waals surface area contributed by atoms with Crippen molar-refractivity contribution in [3.8, 4) is 0 Å². The second-order valence-electron chi connectivity index (χ2n) is 4.85. The van der Waals surface area contributed by atoms with Crippen molar-refractivity contribution in [3.63, 3.8) is 0 Å². The summed E-state index contributed by atoms with van der Waals surface area (Å²) in [7, 11) is 0. The van der Waals surface area contributed by atoms with Crippen LogP contribution in [-0.2, 0) is 9.59 Å². The minimum atomic E-state index is -0.289. The van der Waals surface area contributed by atoms with E-state index in [0.717, 1.165) is 6.41 Å². The SMILES string of the molecule is CC(C)(C)NC(=O)[C@@H]1CN(C=O)CCN1. The lowest BCUT2D eigenvalue weighted by Gasteiger charge is -2.32. The summed E-state index contributed by atoms with van der Waals surface area (Å²) >= 11 is 0. The molecule has 0 aromatic carbocycles. The van der Waals surface area contributed by atoms with Crippen molar-refractivity contribution in [2.75, 3.05) is 19.6 Å². The van der Waals surface area contributed by atoms with Crippen molar-refractivity contribution < 1.29 is 9.59 Å². The number of hydrogen-bond donors (Lipinski definition) is 2. The van der Waals surface area contributed by atoms with Gasteiger partial charge in [-0.2, -0.15) is 0 Å². The second-order valence-corrected chi connectivity index (χ2v) is 4.85. The van der Waals surface area contributed by atoms with Gasteiger partial charge in [-0.05, 0) is 20.8 Å². The minimum absolute atomic E-state index is 0.0472. The molecular weight excluding hydrogens is 194 g/mol. The quantitative estimate of drug-likeness (QED) is 0.598. The standard InChI is InChI=1S/C10H19N3O2/c1-10(2,3)12-9(15)8-6-13(7-14)5-4-11-8/h7-8,11H,4-6H2,1-3H3,(H,12,15)/t8-/m0/s1. The third-order valence-electron chi connectivity index (χ3n) is 2.17. The van der Waals surface area contributed by atoms with Gasteiger partial charge in [0.1, 0.15) is 6.04 Å². The second kappa shape index (κ2) is 4.61. The summed E-state index contributed by atoms with van der Waals surface area (Å²) in [5, 5.41) is 5.98. The van der Waals surface area contributed by atoms with E-state index in [9.17, 15) is 9.59 Å². The molecule has 1 heterocycles. The summed E-state index contributed by atoms with van der Waals surface area (Å²) in [6.45, 7) is 7.59. The van der Waals surface area contributed by atoms with E-state index >= 15 is 0 Å². The molecule has 1 aliphatic heterocycles. The van der Waals surface area contributed by atoms with Gasteiger partial charge in [0.2, 0.25) is 12.3 Å². The first-order valence-electron chi connectivity index (χ1n) is 5.17. The van der Waals surface area contributed by atoms with Gasteiger partial charge in [0.15, 0.2) is 0 Å². The van der Waals surface area contributed by atoms with E-state index in [4.69, 9.17) is 0 Å². The third-order valence-corrected chi connectivity index (χ3v) is 2.17. The Morgan fingerprint density at radius 2 is 2.20 bits per heavy atom. The van der Waals surface area contributed by atoms with Crippen LogP contribution < -0.4 is 10.6 Å². The van der Waals surface area contributed by atoms with Crippen LogP contribution in [0.2, 0.25) is 0 Å². The highest BCUT2D eigenvalue weighted by Gasteiger charge is 2.26. The summed E-state index contributed by atoms with van der Waals surface area (Å²) in [5.74, 6) is -0.0472. The number of nitrogens with one attached hydrogen (secondary N) is 2. The predicted molar refractivity (Wildman–Crippen MR) is 57.3 cm³/mol. The Balaban J connectivity index is 2.49. The van der Waals surface area contributed by atoms with E-state index in [1.165, 1.54) is 0 Å². The number of piperazine rings is 1. The lowest BCUT2D eigenvalue weighted by molar-refractivity contribution is -0.127. The van der Waals surface area contributed by atoms with Crippen LogP contribution in [0.3, 0.4) is 0 Å². The lowest BCUT2D eigenvalue weighted by Crippen LogP contribution is -2.59. The van der Waals surface area contributed by atoms with Crippen LogP contribution in [0.1, 0.15) is 20.8 Å². The first-order chi connectivity index (χ1) is 6.92. The molecule has 0 saturated carbocycles. The Morgan fingerprint density at radius 1 is 1.53 bits per heavy atom. The molecule has 0 bridgehead atoms. The van der Waals surface area contributed by atoms with Gasteiger partial charge in [-0.1, -0.05) is 0 Å². The highest BCUT2D eigenvalue weighted by molar-refractivity contribution is 5.83. The topological polar surface area (TPSA) is 61.4 Å². The Labute approximate surface area is 90.2 Å². The van der Waals surface area contributed by atoms with Crippen LogP contribution >= 0.6 is 0 Å². The zero-order valence-corrected chi connectivity index (χ0v) is 9.54. The molecule has 1 saturated heterocycles. The molecule has 0 unspecified atom stereocenters. The van der Waals surface area contributed by atoms with Gasteiger partial charge < -0.3 is 15.5 Å². The number of amides is 2.